The van der Waals surface area contributed by atoms with Crippen LogP contribution < -0.4 is 11.1 Å². The summed E-state index contributed by atoms with van der Waals surface area (Å²) in [5, 5.41) is 3.75. The minimum atomic E-state index is -0.938. The van der Waals surface area contributed by atoms with Gasteiger partial charge in [0.1, 0.15) is 5.69 Å². The number of nitrogens with two attached hydrogens (primary N) is 1. The molecular weight excluding hydrogens is 448 g/mol. The second-order valence-electron chi connectivity index (χ2n) is 8.73. The number of amides is 1. The number of anilines is 1. The van der Waals surface area contributed by atoms with E-state index in [0.717, 1.165) is 11.1 Å². The van der Waals surface area contributed by atoms with E-state index in [9.17, 15) is 13.6 Å². The fourth-order valence-corrected chi connectivity index (χ4v) is 4.69. The van der Waals surface area contributed by atoms with Crippen LogP contribution in [0.2, 0.25) is 0 Å². The molecule has 3 N–H and O–H groups in total. The molecule has 3 aromatic carbocycles. The van der Waals surface area contributed by atoms with Crippen LogP contribution in [-0.4, -0.2) is 27.3 Å². The molecule has 0 aliphatic carbocycles. The maximum Gasteiger partial charge on any atom is 0.273 e. The number of hydrogen-bond donors (Lipinski definition) is 2. The molecule has 0 radical (unpaired) electrons. The lowest BCUT2D eigenvalue weighted by Gasteiger charge is -2.19. The number of fused-ring (bicyclic) bond motifs is 2. The third-order valence-corrected chi connectivity index (χ3v) is 6.42. The average Bonchev–Trinajstić information content (AvgIpc) is 3.29. The summed E-state index contributed by atoms with van der Waals surface area (Å²) in [5.41, 5.74) is 10.6. The number of nitrogens with one attached hydrogen (secondary N) is 1. The summed E-state index contributed by atoms with van der Waals surface area (Å²) in [5.74, 6) is -2.11. The molecule has 0 saturated heterocycles. The number of carbonyl (C=O) groups excluding carboxylic acids is 1. The fraction of sp³-hybridized carbons (Fsp3) is 0.222. The second-order valence-corrected chi connectivity index (χ2v) is 8.73. The van der Waals surface area contributed by atoms with E-state index in [-0.39, 0.29) is 23.6 Å². The number of carbonyl (C=O) groups is 1. The summed E-state index contributed by atoms with van der Waals surface area (Å²) in [6.07, 6.45) is 0. The molecule has 6 nitrogen and oxygen atoms in total. The molecule has 35 heavy (non-hydrogen) atoms. The van der Waals surface area contributed by atoms with Gasteiger partial charge in [0.2, 0.25) is 5.95 Å². The van der Waals surface area contributed by atoms with E-state index < -0.39 is 11.6 Å². The Morgan fingerprint density at radius 3 is 2.43 bits per heavy atom. The molecule has 1 atom stereocenters. The van der Waals surface area contributed by atoms with Gasteiger partial charge in [-0.1, -0.05) is 37.3 Å². The molecular formula is C27H25F2N5O. The molecule has 0 spiro atoms. The molecule has 1 aliphatic heterocycles. The molecule has 5 rings (SSSR count). The van der Waals surface area contributed by atoms with Crippen molar-refractivity contribution in [3.8, 4) is 11.1 Å². The summed E-state index contributed by atoms with van der Waals surface area (Å²) in [6, 6.07) is 15.3. The summed E-state index contributed by atoms with van der Waals surface area (Å²) in [6.45, 7) is 5.47. The molecule has 2 heterocycles. The molecule has 1 aromatic heterocycles. The number of benzene rings is 3. The van der Waals surface area contributed by atoms with Gasteiger partial charge in [0, 0.05) is 24.5 Å². The number of nitrogens with zero attached hydrogens (tertiary/aromatic N) is 3. The highest BCUT2D eigenvalue weighted by atomic mass is 19.2. The van der Waals surface area contributed by atoms with E-state index in [0.29, 0.717) is 47.2 Å². The van der Waals surface area contributed by atoms with Gasteiger partial charge >= 0.3 is 0 Å². The molecule has 1 aliphatic rings. The Balaban J connectivity index is 1.61. The summed E-state index contributed by atoms with van der Waals surface area (Å²) in [7, 11) is 0. The Morgan fingerprint density at radius 1 is 1.06 bits per heavy atom. The van der Waals surface area contributed by atoms with Crippen LogP contribution in [0.15, 0.2) is 54.6 Å². The lowest BCUT2D eigenvalue weighted by molar-refractivity contribution is 0.0747. The molecule has 1 amide bonds. The number of halogens is 2. The van der Waals surface area contributed by atoms with Gasteiger partial charge in [0.25, 0.3) is 5.91 Å². The quantitative estimate of drug-likeness (QED) is 0.427. The Hall–Kier alpha value is -3.91. The van der Waals surface area contributed by atoms with Crippen LogP contribution >= 0.6 is 0 Å². The van der Waals surface area contributed by atoms with E-state index in [1.165, 1.54) is 12.1 Å². The molecule has 0 bridgehead atoms. The summed E-state index contributed by atoms with van der Waals surface area (Å²) >= 11 is 0. The van der Waals surface area contributed by atoms with Crippen LogP contribution in [0, 0.1) is 11.6 Å². The zero-order valence-electron chi connectivity index (χ0n) is 19.5. The van der Waals surface area contributed by atoms with Crippen molar-refractivity contribution in [2.45, 2.75) is 33.0 Å². The SMILES string of the molecule is CCNC(C)c1cc(F)c(F)cc1-c1ccc2nc(N)nc(C(=O)N3Cc4ccccc4C3)c2c1. The van der Waals surface area contributed by atoms with Crippen molar-refractivity contribution in [3.05, 3.63) is 88.6 Å². The Kier molecular flexibility index (Phi) is 5.90. The summed E-state index contributed by atoms with van der Waals surface area (Å²) in [4.78, 5) is 23.8. The lowest BCUT2D eigenvalue weighted by atomic mass is 9.93. The first-order chi connectivity index (χ1) is 16.9. The minimum absolute atomic E-state index is 0.000375. The van der Waals surface area contributed by atoms with E-state index in [2.05, 4.69) is 15.3 Å². The van der Waals surface area contributed by atoms with E-state index in [1.807, 2.05) is 38.1 Å². The Morgan fingerprint density at radius 2 is 1.74 bits per heavy atom. The van der Waals surface area contributed by atoms with Crippen LogP contribution in [0.3, 0.4) is 0 Å². The van der Waals surface area contributed by atoms with Crippen molar-refractivity contribution in [3.63, 3.8) is 0 Å². The van der Waals surface area contributed by atoms with Crippen molar-refractivity contribution < 1.29 is 13.6 Å². The highest BCUT2D eigenvalue weighted by Gasteiger charge is 2.27. The molecule has 0 saturated carbocycles. The first-order valence-electron chi connectivity index (χ1n) is 11.5. The number of rotatable bonds is 5. The first kappa shape index (κ1) is 22.9. The van der Waals surface area contributed by atoms with Crippen molar-refractivity contribution in [1.29, 1.82) is 0 Å². The normalized spacial score (nSPS) is 13.8. The summed E-state index contributed by atoms with van der Waals surface area (Å²) < 4.78 is 28.4. The van der Waals surface area contributed by atoms with Crippen LogP contribution in [0.1, 0.15) is 47.1 Å². The van der Waals surface area contributed by atoms with Gasteiger partial charge in [-0.15, -0.1) is 0 Å². The van der Waals surface area contributed by atoms with Gasteiger partial charge in [0.05, 0.1) is 5.52 Å². The average molecular weight is 474 g/mol. The second kappa shape index (κ2) is 9.03. The van der Waals surface area contributed by atoms with Crippen LogP contribution in [0.4, 0.5) is 14.7 Å². The lowest BCUT2D eigenvalue weighted by Crippen LogP contribution is -2.27. The van der Waals surface area contributed by atoms with Crippen molar-refractivity contribution >= 4 is 22.8 Å². The predicted molar refractivity (Wildman–Crippen MR) is 131 cm³/mol. The Labute approximate surface area is 201 Å². The van der Waals surface area contributed by atoms with E-state index in [1.54, 1.807) is 23.1 Å². The molecule has 8 heteroatoms. The highest BCUT2D eigenvalue weighted by Crippen LogP contribution is 2.34. The monoisotopic (exact) mass is 473 g/mol. The largest absolute Gasteiger partial charge is 0.368 e. The van der Waals surface area contributed by atoms with Gasteiger partial charge in [-0.3, -0.25) is 4.79 Å². The molecule has 1 unspecified atom stereocenters. The maximum absolute atomic E-state index is 14.3. The van der Waals surface area contributed by atoms with Crippen molar-refractivity contribution in [2.75, 3.05) is 12.3 Å². The topological polar surface area (TPSA) is 84.1 Å². The van der Waals surface area contributed by atoms with Gasteiger partial charge in [-0.05, 0) is 65.6 Å². The van der Waals surface area contributed by atoms with Gasteiger partial charge in [-0.2, -0.15) is 0 Å². The van der Waals surface area contributed by atoms with Crippen LogP contribution in [0.5, 0.6) is 0 Å². The van der Waals surface area contributed by atoms with Crippen molar-refractivity contribution in [1.82, 2.24) is 20.2 Å². The van der Waals surface area contributed by atoms with Crippen LogP contribution in [-0.2, 0) is 13.1 Å². The smallest absolute Gasteiger partial charge is 0.273 e. The van der Waals surface area contributed by atoms with Crippen molar-refractivity contribution in [2.24, 2.45) is 0 Å². The number of nitrogen functional groups attached to an aromatic ring is 1. The van der Waals surface area contributed by atoms with Gasteiger partial charge in [0.15, 0.2) is 11.6 Å². The maximum atomic E-state index is 14.3. The molecule has 4 aromatic rings. The zero-order chi connectivity index (χ0) is 24.7. The number of hydrogen-bond acceptors (Lipinski definition) is 5. The highest BCUT2D eigenvalue weighted by molar-refractivity contribution is 6.06. The Bertz CT molecular complexity index is 1430. The molecule has 178 valence electrons. The predicted octanol–water partition coefficient (Wildman–Crippen LogP) is 4.98. The number of aromatic nitrogens is 2. The van der Waals surface area contributed by atoms with Crippen LogP contribution in [0.25, 0.3) is 22.0 Å². The third kappa shape index (κ3) is 4.21. The third-order valence-electron chi connectivity index (χ3n) is 6.42. The molecule has 0 fully saturated rings. The zero-order valence-corrected chi connectivity index (χ0v) is 19.5. The first-order valence-corrected chi connectivity index (χ1v) is 11.5. The minimum Gasteiger partial charge on any atom is -0.368 e. The van der Waals surface area contributed by atoms with E-state index >= 15 is 0 Å². The van der Waals surface area contributed by atoms with Gasteiger partial charge < -0.3 is 16.0 Å². The van der Waals surface area contributed by atoms with E-state index in [4.69, 9.17) is 5.73 Å². The fourth-order valence-electron chi connectivity index (χ4n) is 4.69. The van der Waals surface area contributed by atoms with Gasteiger partial charge in [-0.25, -0.2) is 18.7 Å². The standard InChI is InChI=1S/C27H25F2N5O/c1-3-31-15(2)19-11-22(28)23(29)12-20(19)16-8-9-24-21(10-16)25(33-27(30)32-24)26(35)34-13-17-6-4-5-7-18(17)14-34/h4-12,15,31H,3,13-14H2,1-2H3,(H2,30,32,33).